The molecule has 2 heterocycles. The molecule has 2 aliphatic carbocycles. The van der Waals surface area contributed by atoms with Crippen molar-refractivity contribution in [3.8, 4) is 0 Å². The van der Waals surface area contributed by atoms with Crippen LogP contribution in [0.5, 0.6) is 0 Å². The Balaban J connectivity index is 0.000000267. The number of rotatable bonds is 2. The third-order valence-electron chi connectivity index (χ3n) is 7.27. The number of fused-ring (bicyclic) bond motifs is 2. The Morgan fingerprint density at radius 2 is 0.927 bits per heavy atom. The molecule has 2 aromatic carbocycles. The van der Waals surface area contributed by atoms with Crippen LogP contribution in [-0.2, 0) is 37.0 Å². The molecule has 0 saturated heterocycles. The molecule has 0 fully saturated rings. The zero-order valence-electron chi connectivity index (χ0n) is 24.5. The summed E-state index contributed by atoms with van der Waals surface area (Å²) < 4.78 is 0. The molecule has 0 N–H and O–H groups in total. The number of hydrogen-bond acceptors (Lipinski definition) is 2. The van der Waals surface area contributed by atoms with Crippen LogP contribution in [0.25, 0.3) is 12.2 Å². The van der Waals surface area contributed by atoms with Crippen LogP contribution in [0.1, 0.15) is 98.1 Å². The van der Waals surface area contributed by atoms with E-state index in [-0.39, 0.29) is 73.7 Å². The smallest absolute Gasteiger partial charge is 1.00 e. The van der Waals surface area contributed by atoms with E-state index in [2.05, 4.69) is 124 Å². The van der Waals surface area contributed by atoms with Crippen molar-refractivity contribution >= 4 is 12.2 Å². The van der Waals surface area contributed by atoms with Crippen LogP contribution in [0.4, 0.5) is 0 Å². The Morgan fingerprint density at radius 3 is 1.24 bits per heavy atom. The summed E-state index contributed by atoms with van der Waals surface area (Å²) >= 11 is 0. The number of hydrogen-bond donors (Lipinski definition) is 0. The Labute approximate surface area is 277 Å². The summed E-state index contributed by atoms with van der Waals surface area (Å²) in [4.78, 5) is 8.94. The van der Waals surface area contributed by atoms with Crippen LogP contribution in [0.2, 0.25) is 0 Å². The molecular weight excluding hydrogens is 623 g/mol. The maximum atomic E-state index is 4.47. The number of allylic oxidation sites excluding steroid dienone is 2. The van der Waals surface area contributed by atoms with Gasteiger partial charge in [0.2, 0.25) is 0 Å². The van der Waals surface area contributed by atoms with Crippen molar-refractivity contribution in [2.24, 2.45) is 0 Å². The number of nitrogens with zero attached hydrogens (tertiary/aromatic N) is 2. The van der Waals surface area contributed by atoms with Crippen molar-refractivity contribution in [3.63, 3.8) is 0 Å². The van der Waals surface area contributed by atoms with E-state index < -0.39 is 0 Å². The van der Waals surface area contributed by atoms with Crippen molar-refractivity contribution in [1.29, 1.82) is 0 Å². The zero-order chi connectivity index (χ0) is 26.9. The van der Waals surface area contributed by atoms with Gasteiger partial charge in [-0.1, -0.05) is 90.1 Å². The topological polar surface area (TPSA) is 25.8 Å². The van der Waals surface area contributed by atoms with Gasteiger partial charge in [0.15, 0.2) is 0 Å². The third-order valence-corrected chi connectivity index (χ3v) is 7.27. The van der Waals surface area contributed by atoms with Crippen LogP contribution >= 0.6 is 0 Å². The van der Waals surface area contributed by atoms with Gasteiger partial charge in [-0.15, -0.1) is 22.3 Å². The van der Waals surface area contributed by atoms with Crippen molar-refractivity contribution in [2.45, 2.75) is 64.2 Å². The van der Waals surface area contributed by atoms with Gasteiger partial charge in [-0.2, -0.15) is 11.1 Å². The van der Waals surface area contributed by atoms with E-state index in [1.807, 2.05) is 36.7 Å². The summed E-state index contributed by atoms with van der Waals surface area (Å²) in [6.07, 6.45) is 14.9. The Morgan fingerprint density at radius 1 is 0.537 bits per heavy atom. The average Bonchev–Trinajstić information content (AvgIpc) is 3.53. The predicted octanol–water partition coefficient (Wildman–Crippen LogP) is 2.69. The number of halogens is 2. The first kappa shape index (κ1) is 34.9. The molecule has 0 bridgehead atoms. The van der Waals surface area contributed by atoms with Gasteiger partial charge >= 0.3 is 26.2 Å². The summed E-state index contributed by atoms with van der Waals surface area (Å²) in [5.74, 6) is 0.358. The minimum atomic E-state index is 0. The molecule has 5 heteroatoms. The monoisotopic (exact) mass is 656 g/mol. The molecule has 208 valence electrons. The predicted molar refractivity (Wildman–Crippen MR) is 158 cm³/mol. The summed E-state index contributed by atoms with van der Waals surface area (Å²) in [7, 11) is 0. The Bertz CT molecular complexity index is 1370. The number of benzene rings is 2. The maximum Gasteiger partial charge on any atom is 4.00 e. The van der Waals surface area contributed by atoms with E-state index in [1.165, 1.54) is 33.4 Å². The second-order valence-electron chi connectivity index (χ2n) is 12.1. The second-order valence-corrected chi connectivity index (χ2v) is 12.1. The summed E-state index contributed by atoms with van der Waals surface area (Å²) in [5, 5.41) is 0. The summed E-state index contributed by atoms with van der Waals surface area (Å²) in [6, 6.07) is 25.3. The fourth-order valence-electron chi connectivity index (χ4n) is 5.40. The third kappa shape index (κ3) is 7.56. The molecule has 0 amide bonds. The SMILES string of the molecule is CC(C)(C)c1cccc2c1C=[C-]C2c1ccccn1.CC(C)(C)c1cccc2c1C=[C-]C2c1ccccn1.[Cl-].[Cl-].[Zr+4]. The molecule has 2 unspecified atom stereocenters. The first-order valence-electron chi connectivity index (χ1n) is 13.4. The van der Waals surface area contributed by atoms with Gasteiger partial charge in [-0.25, -0.2) is 12.2 Å². The molecule has 4 aromatic rings. The van der Waals surface area contributed by atoms with E-state index in [1.54, 1.807) is 0 Å². The first-order chi connectivity index (χ1) is 18.1. The molecule has 2 aliphatic rings. The zero-order valence-corrected chi connectivity index (χ0v) is 28.5. The van der Waals surface area contributed by atoms with E-state index >= 15 is 0 Å². The maximum absolute atomic E-state index is 4.47. The fourth-order valence-corrected chi connectivity index (χ4v) is 5.40. The Hall–Kier alpha value is -2.32. The van der Waals surface area contributed by atoms with Gasteiger partial charge in [0.05, 0.1) is 0 Å². The quantitative estimate of drug-likeness (QED) is 0.310. The molecule has 0 saturated carbocycles. The van der Waals surface area contributed by atoms with Crippen molar-refractivity contribution in [1.82, 2.24) is 9.97 Å². The largest absolute Gasteiger partial charge is 4.00 e. The minimum Gasteiger partial charge on any atom is -1.00 e. The average molecular weight is 659 g/mol. The van der Waals surface area contributed by atoms with Gasteiger partial charge in [-0.05, 0) is 46.9 Å². The first-order valence-corrected chi connectivity index (χ1v) is 13.4. The van der Waals surface area contributed by atoms with E-state index in [9.17, 15) is 0 Å². The molecule has 0 spiro atoms. The number of pyridine rings is 2. The minimum absolute atomic E-state index is 0. The Kier molecular flexibility index (Phi) is 12.1. The van der Waals surface area contributed by atoms with Gasteiger partial charge < -0.3 is 24.8 Å². The molecule has 41 heavy (non-hydrogen) atoms. The van der Waals surface area contributed by atoms with Crippen molar-refractivity contribution < 1.29 is 51.0 Å². The standard InChI is InChI=1S/2C18H18N.2ClH.Zr/c2*1-18(2,3)16-8-6-7-13-14(16)10-11-15(13)17-9-4-5-12-19-17;;;/h2*4-10,12,15H,1-3H3;2*1H;/q2*-1;;;+4/p-2. The molecule has 0 aliphatic heterocycles. The summed E-state index contributed by atoms with van der Waals surface area (Å²) in [6.45, 7) is 13.5. The normalized spacial score (nSPS) is 16.2. The van der Waals surface area contributed by atoms with E-state index in [4.69, 9.17) is 0 Å². The van der Waals surface area contributed by atoms with Crippen LogP contribution in [0.15, 0.2) is 85.2 Å². The van der Waals surface area contributed by atoms with E-state index in [0.29, 0.717) is 0 Å². The van der Waals surface area contributed by atoms with Crippen LogP contribution in [0, 0.1) is 12.2 Å². The summed E-state index contributed by atoms with van der Waals surface area (Å²) in [5.41, 5.74) is 10.5. The molecule has 6 rings (SSSR count). The second kappa shape index (κ2) is 14.2. The molecular formula is C36H36Cl2N2Zr. The fraction of sp³-hybridized carbons (Fsp3) is 0.278. The van der Waals surface area contributed by atoms with Crippen LogP contribution in [-0.4, -0.2) is 9.97 Å². The molecule has 2 nitrogen and oxygen atoms in total. The molecule has 0 radical (unpaired) electrons. The van der Waals surface area contributed by atoms with Crippen LogP contribution < -0.4 is 24.8 Å². The van der Waals surface area contributed by atoms with Gasteiger partial charge in [0.25, 0.3) is 0 Å². The van der Waals surface area contributed by atoms with Crippen molar-refractivity contribution in [2.75, 3.05) is 0 Å². The van der Waals surface area contributed by atoms with E-state index in [0.717, 1.165) is 11.4 Å². The van der Waals surface area contributed by atoms with Gasteiger partial charge in [-0.3, -0.25) is 22.1 Å². The van der Waals surface area contributed by atoms with Crippen molar-refractivity contribution in [3.05, 3.63) is 142 Å². The molecule has 2 aromatic heterocycles. The number of aromatic nitrogens is 2. The van der Waals surface area contributed by atoms with Gasteiger partial charge in [0.1, 0.15) is 0 Å². The molecule has 2 atom stereocenters. The van der Waals surface area contributed by atoms with Gasteiger partial charge in [0, 0.05) is 23.8 Å². The van der Waals surface area contributed by atoms with Crippen LogP contribution in [0.3, 0.4) is 0 Å².